The highest BCUT2D eigenvalue weighted by atomic mass is 127. The number of aromatic nitrogens is 1. The van der Waals surface area contributed by atoms with Gasteiger partial charge < -0.3 is 5.73 Å². The van der Waals surface area contributed by atoms with Gasteiger partial charge >= 0.3 is 0 Å². The van der Waals surface area contributed by atoms with Gasteiger partial charge in [0.15, 0.2) is 0 Å². The zero-order chi connectivity index (χ0) is 11.6. The van der Waals surface area contributed by atoms with E-state index in [9.17, 15) is 18.9 Å². The summed E-state index contributed by atoms with van der Waals surface area (Å²) in [6.07, 6.45) is -1.88. The summed E-state index contributed by atoms with van der Waals surface area (Å²) in [5.74, 6) is 0. The lowest BCUT2D eigenvalue weighted by Crippen LogP contribution is -2.09. The summed E-state index contributed by atoms with van der Waals surface area (Å²) in [6, 6.07) is 0. The van der Waals surface area contributed by atoms with Crippen LogP contribution in [0.1, 0.15) is 17.6 Å². The van der Waals surface area contributed by atoms with Gasteiger partial charge in [-0.2, -0.15) is 0 Å². The molecule has 0 spiro atoms. The first kappa shape index (κ1) is 12.2. The van der Waals surface area contributed by atoms with Crippen molar-refractivity contribution in [2.24, 2.45) is 5.73 Å². The molecular formula is C7H6F2IN3O2. The molecule has 5 nitrogen and oxygen atoms in total. The van der Waals surface area contributed by atoms with Gasteiger partial charge in [-0.05, 0) is 22.6 Å². The van der Waals surface area contributed by atoms with Crippen molar-refractivity contribution in [2.45, 2.75) is 13.0 Å². The molecule has 0 unspecified atom stereocenters. The van der Waals surface area contributed by atoms with Crippen molar-refractivity contribution in [3.05, 3.63) is 31.1 Å². The van der Waals surface area contributed by atoms with E-state index in [-0.39, 0.29) is 15.8 Å². The Morgan fingerprint density at radius 3 is 2.67 bits per heavy atom. The maximum absolute atomic E-state index is 12.6. The Hall–Kier alpha value is -0.900. The van der Waals surface area contributed by atoms with Crippen molar-refractivity contribution in [3.63, 3.8) is 0 Å². The molecule has 2 N–H and O–H groups in total. The van der Waals surface area contributed by atoms with Crippen LogP contribution in [0.5, 0.6) is 0 Å². The molecular weight excluding hydrogens is 323 g/mol. The van der Waals surface area contributed by atoms with E-state index in [1.165, 1.54) is 0 Å². The Morgan fingerprint density at radius 2 is 2.27 bits per heavy atom. The van der Waals surface area contributed by atoms with E-state index in [4.69, 9.17) is 5.73 Å². The summed E-state index contributed by atoms with van der Waals surface area (Å²) in [7, 11) is 0. The Labute approximate surface area is 97.0 Å². The molecule has 82 valence electrons. The fraction of sp³-hybridized carbons (Fsp3) is 0.286. The van der Waals surface area contributed by atoms with E-state index >= 15 is 0 Å². The second-order valence-corrected chi connectivity index (χ2v) is 3.61. The van der Waals surface area contributed by atoms with Crippen LogP contribution in [0.25, 0.3) is 0 Å². The molecule has 0 aliphatic heterocycles. The number of hydrogen-bond acceptors (Lipinski definition) is 4. The van der Waals surface area contributed by atoms with Crippen LogP contribution in [0.3, 0.4) is 0 Å². The first-order valence-electron chi connectivity index (χ1n) is 3.79. The van der Waals surface area contributed by atoms with Crippen LogP contribution >= 0.6 is 22.6 Å². The normalized spacial score (nSPS) is 10.7. The van der Waals surface area contributed by atoms with Crippen molar-refractivity contribution in [1.82, 2.24) is 4.98 Å². The second-order valence-electron chi connectivity index (χ2n) is 2.59. The van der Waals surface area contributed by atoms with Gasteiger partial charge in [0.2, 0.25) is 0 Å². The monoisotopic (exact) mass is 329 g/mol. The molecule has 1 aromatic rings. The van der Waals surface area contributed by atoms with Gasteiger partial charge in [-0.3, -0.25) is 10.1 Å². The zero-order valence-electron chi connectivity index (χ0n) is 7.28. The number of alkyl halides is 2. The highest BCUT2D eigenvalue weighted by Crippen LogP contribution is 2.31. The van der Waals surface area contributed by atoms with Crippen LogP contribution in [-0.2, 0) is 6.54 Å². The summed E-state index contributed by atoms with van der Waals surface area (Å²) >= 11 is 1.60. The third kappa shape index (κ3) is 2.37. The van der Waals surface area contributed by atoms with Crippen molar-refractivity contribution >= 4 is 28.3 Å². The molecule has 1 rings (SSSR count). The van der Waals surface area contributed by atoms with Crippen LogP contribution < -0.4 is 5.73 Å². The molecule has 0 amide bonds. The van der Waals surface area contributed by atoms with Gasteiger partial charge in [0, 0.05) is 6.54 Å². The lowest BCUT2D eigenvalue weighted by molar-refractivity contribution is -0.386. The maximum atomic E-state index is 12.6. The largest absolute Gasteiger partial charge is 0.326 e. The first-order chi connectivity index (χ1) is 6.99. The van der Waals surface area contributed by atoms with Crippen LogP contribution in [-0.4, -0.2) is 9.91 Å². The molecule has 0 aliphatic carbocycles. The molecule has 0 atom stereocenters. The molecule has 1 aromatic heterocycles. The van der Waals surface area contributed by atoms with Crippen LogP contribution in [0.2, 0.25) is 0 Å². The molecule has 0 radical (unpaired) electrons. The highest BCUT2D eigenvalue weighted by molar-refractivity contribution is 14.1. The summed E-state index contributed by atoms with van der Waals surface area (Å²) in [6.45, 7) is -0.311. The minimum absolute atomic E-state index is 0.0358. The predicted octanol–water partition coefficient (Wildman–Crippen LogP) is 1.99. The van der Waals surface area contributed by atoms with Crippen molar-refractivity contribution in [2.75, 3.05) is 0 Å². The number of nitrogens with two attached hydrogens (primary N) is 1. The Morgan fingerprint density at radius 1 is 1.67 bits per heavy atom. The summed E-state index contributed by atoms with van der Waals surface area (Å²) < 4.78 is 25.2. The molecule has 0 saturated carbocycles. The van der Waals surface area contributed by atoms with E-state index in [2.05, 4.69) is 4.98 Å². The van der Waals surface area contributed by atoms with Crippen molar-refractivity contribution in [1.29, 1.82) is 0 Å². The molecule has 0 aromatic carbocycles. The average molecular weight is 329 g/mol. The van der Waals surface area contributed by atoms with E-state index in [0.29, 0.717) is 0 Å². The number of hydrogen-bond donors (Lipinski definition) is 1. The van der Waals surface area contributed by atoms with E-state index in [1.54, 1.807) is 22.6 Å². The standard InChI is InChI=1S/C7H6F2IN3O2/c8-6(9)5-3(1-11)4(13(14)15)2-12-7(5)10/h2,6H,1,11H2. The smallest absolute Gasteiger partial charge is 0.292 e. The van der Waals surface area contributed by atoms with E-state index in [0.717, 1.165) is 6.20 Å². The number of rotatable bonds is 3. The molecule has 0 saturated heterocycles. The minimum atomic E-state index is -2.82. The fourth-order valence-corrected chi connectivity index (χ4v) is 1.82. The van der Waals surface area contributed by atoms with Crippen molar-refractivity contribution < 1.29 is 13.7 Å². The topological polar surface area (TPSA) is 82.0 Å². The van der Waals surface area contributed by atoms with Gasteiger partial charge in [-0.1, -0.05) is 0 Å². The zero-order valence-corrected chi connectivity index (χ0v) is 9.44. The third-order valence-electron chi connectivity index (χ3n) is 1.78. The first-order valence-corrected chi connectivity index (χ1v) is 4.86. The molecule has 15 heavy (non-hydrogen) atoms. The van der Waals surface area contributed by atoms with Crippen LogP contribution in [0, 0.1) is 13.8 Å². The molecule has 0 aliphatic rings. The van der Waals surface area contributed by atoms with Gasteiger partial charge in [-0.25, -0.2) is 13.8 Å². The van der Waals surface area contributed by atoms with Crippen LogP contribution in [0.4, 0.5) is 14.5 Å². The van der Waals surface area contributed by atoms with Gasteiger partial charge in [-0.15, -0.1) is 0 Å². The number of nitro groups is 1. The highest BCUT2D eigenvalue weighted by Gasteiger charge is 2.25. The summed E-state index contributed by atoms with van der Waals surface area (Å²) in [5.41, 5.74) is 4.15. The van der Waals surface area contributed by atoms with Gasteiger partial charge in [0.05, 0.1) is 16.1 Å². The molecule has 0 fully saturated rings. The lowest BCUT2D eigenvalue weighted by Gasteiger charge is -2.08. The SMILES string of the molecule is NCc1c([N+](=O)[O-])cnc(I)c1C(F)F. The summed E-state index contributed by atoms with van der Waals surface area (Å²) in [5, 5.41) is 10.5. The summed E-state index contributed by atoms with van der Waals surface area (Å²) in [4.78, 5) is 13.3. The number of pyridine rings is 1. The minimum Gasteiger partial charge on any atom is -0.326 e. The number of nitrogens with zero attached hydrogens (tertiary/aromatic N) is 2. The maximum Gasteiger partial charge on any atom is 0.292 e. The average Bonchev–Trinajstić information content (AvgIpc) is 2.15. The quantitative estimate of drug-likeness (QED) is 0.398. The Bertz CT molecular complexity index is 400. The Balaban J connectivity index is 3.47. The second kappa shape index (κ2) is 4.75. The third-order valence-corrected chi connectivity index (χ3v) is 2.64. The van der Waals surface area contributed by atoms with Gasteiger partial charge in [0.25, 0.3) is 12.1 Å². The predicted molar refractivity (Wildman–Crippen MR) is 56.5 cm³/mol. The number of halogens is 3. The molecule has 1 heterocycles. The molecule has 0 bridgehead atoms. The van der Waals surface area contributed by atoms with Crippen molar-refractivity contribution in [3.8, 4) is 0 Å². The lowest BCUT2D eigenvalue weighted by atomic mass is 10.1. The van der Waals surface area contributed by atoms with E-state index in [1.807, 2.05) is 0 Å². The fourth-order valence-electron chi connectivity index (χ4n) is 1.12. The van der Waals surface area contributed by atoms with Gasteiger partial charge in [0.1, 0.15) is 9.90 Å². The Kier molecular flexibility index (Phi) is 3.85. The van der Waals surface area contributed by atoms with E-state index < -0.39 is 22.6 Å². The van der Waals surface area contributed by atoms with Crippen LogP contribution in [0.15, 0.2) is 6.20 Å². The molecule has 8 heteroatoms.